The summed E-state index contributed by atoms with van der Waals surface area (Å²) in [7, 11) is 0. The van der Waals surface area contributed by atoms with E-state index in [0.29, 0.717) is 13.2 Å². The monoisotopic (exact) mass is 338 g/mol. The Morgan fingerprint density at radius 3 is 1.75 bits per heavy atom. The van der Waals surface area contributed by atoms with E-state index in [1.807, 2.05) is 0 Å². The fourth-order valence-corrected chi connectivity index (χ4v) is 6.15. The van der Waals surface area contributed by atoms with Gasteiger partial charge in [-0.05, 0) is 0 Å². The van der Waals surface area contributed by atoms with Gasteiger partial charge >= 0.3 is 77.4 Å². The molecule has 1 rings (SSSR count). The summed E-state index contributed by atoms with van der Waals surface area (Å²) < 4.78 is 22.0. The van der Waals surface area contributed by atoms with Crippen LogP contribution in [0.1, 0.15) is 39.5 Å². The maximum Gasteiger partial charge on any atom is 0.508 e. The first-order valence-electron chi connectivity index (χ1n) is 6.02. The van der Waals surface area contributed by atoms with Crippen LogP contribution in [0.3, 0.4) is 0 Å². The van der Waals surface area contributed by atoms with Gasteiger partial charge in [0.05, 0.1) is 0 Å². The van der Waals surface area contributed by atoms with Gasteiger partial charge in [0, 0.05) is 0 Å². The van der Waals surface area contributed by atoms with Crippen LogP contribution in [0.5, 0.6) is 0 Å². The predicted octanol–water partition coefficient (Wildman–Crippen LogP) is 3.16. The largest absolute Gasteiger partial charge is 0.508 e. The molecule has 0 aliphatic carbocycles. The minimum absolute atomic E-state index is 0.416. The van der Waals surface area contributed by atoms with Gasteiger partial charge in [-0.2, -0.15) is 0 Å². The maximum absolute atomic E-state index is 11.2. The molecular formula is C11H22O4Sn. The third-order valence-electron chi connectivity index (χ3n) is 2.14. The molecule has 0 aromatic carbocycles. The van der Waals surface area contributed by atoms with Gasteiger partial charge in [0.2, 0.25) is 0 Å². The summed E-state index contributed by atoms with van der Waals surface area (Å²) in [6, 6.07) is 0. The molecule has 5 heteroatoms. The second-order valence-corrected chi connectivity index (χ2v) is 9.62. The van der Waals surface area contributed by atoms with Crippen molar-refractivity contribution in [2.24, 2.45) is 0 Å². The first kappa shape index (κ1) is 15.9. The second kappa shape index (κ2) is 11.4. The van der Waals surface area contributed by atoms with E-state index in [2.05, 4.69) is 23.3 Å². The molecule has 1 saturated heterocycles. The van der Waals surface area contributed by atoms with Crippen molar-refractivity contribution in [3.05, 3.63) is 0 Å². The molecule has 94 valence electrons. The van der Waals surface area contributed by atoms with Crippen molar-refractivity contribution in [3.63, 3.8) is 0 Å². The van der Waals surface area contributed by atoms with E-state index in [1.54, 1.807) is 0 Å². The van der Waals surface area contributed by atoms with Crippen molar-refractivity contribution in [2.45, 2.75) is 48.4 Å². The Morgan fingerprint density at radius 1 is 1.06 bits per heavy atom. The Morgan fingerprint density at radius 2 is 1.50 bits per heavy atom. The van der Waals surface area contributed by atoms with Crippen molar-refractivity contribution >= 4 is 25.9 Å². The van der Waals surface area contributed by atoms with Crippen LogP contribution in [0.4, 0.5) is 4.79 Å². The normalized spacial score (nSPS) is 13.5. The van der Waals surface area contributed by atoms with Crippen molar-refractivity contribution in [3.8, 4) is 0 Å². The van der Waals surface area contributed by atoms with E-state index >= 15 is 0 Å². The van der Waals surface area contributed by atoms with Crippen LogP contribution in [0, 0.1) is 0 Å². The Hall–Kier alpha value is -0.131. The number of cyclic esters (lactones) is 2. The molecule has 1 aliphatic heterocycles. The third kappa shape index (κ3) is 10.4. The Balaban J connectivity index is 0.000000315. The Labute approximate surface area is 105 Å². The topological polar surface area (TPSA) is 52.6 Å². The van der Waals surface area contributed by atoms with Gasteiger partial charge in [-0.3, -0.25) is 0 Å². The molecule has 0 aromatic heterocycles. The van der Waals surface area contributed by atoms with Crippen LogP contribution in [-0.4, -0.2) is 39.1 Å². The summed E-state index contributed by atoms with van der Waals surface area (Å²) in [5.41, 5.74) is 0. The van der Waals surface area contributed by atoms with E-state index in [0.717, 1.165) is 8.87 Å². The Kier molecular flexibility index (Phi) is 11.3. The van der Waals surface area contributed by atoms with Gasteiger partial charge in [0.1, 0.15) is 13.2 Å². The van der Waals surface area contributed by atoms with Crippen LogP contribution in [0.2, 0.25) is 8.87 Å². The van der Waals surface area contributed by atoms with Gasteiger partial charge in [-0.25, -0.2) is 4.79 Å². The van der Waals surface area contributed by atoms with E-state index in [4.69, 9.17) is 0 Å². The molecule has 0 unspecified atom stereocenters. The summed E-state index contributed by atoms with van der Waals surface area (Å²) in [5.74, 6) is 0. The number of rotatable bonds is 6. The molecule has 0 bridgehead atoms. The molecule has 1 heterocycles. The van der Waals surface area contributed by atoms with Gasteiger partial charge in [0.15, 0.2) is 0 Å². The number of carbonyl (C=O) groups excluding carboxylic acids is 1. The molecule has 16 heavy (non-hydrogen) atoms. The average molecular weight is 337 g/mol. The van der Waals surface area contributed by atoms with Crippen LogP contribution in [0.25, 0.3) is 0 Å². The number of carbonyl (C=O) groups is 1. The van der Waals surface area contributed by atoms with Crippen molar-refractivity contribution in [1.29, 1.82) is 0 Å². The number of unbranched alkanes of at least 4 members (excludes halogenated alkanes) is 2. The van der Waals surface area contributed by atoms with E-state index in [-0.39, 0.29) is 0 Å². The third-order valence-corrected chi connectivity index (χ3v) is 7.34. The molecule has 0 radical (unpaired) electrons. The second-order valence-electron chi connectivity index (χ2n) is 3.69. The first-order chi connectivity index (χ1) is 7.70. The molecule has 0 spiro atoms. The molecule has 0 amide bonds. The van der Waals surface area contributed by atoms with Gasteiger partial charge in [-0.1, -0.05) is 0 Å². The zero-order valence-electron chi connectivity index (χ0n) is 10.3. The van der Waals surface area contributed by atoms with Crippen LogP contribution >= 0.6 is 0 Å². The Bertz CT molecular complexity index is 188. The fourth-order valence-electron chi connectivity index (χ4n) is 1.16. The van der Waals surface area contributed by atoms with Crippen LogP contribution in [-0.2, 0) is 12.6 Å². The number of ether oxygens (including phenoxy) is 2. The minimum Gasteiger partial charge on any atom is -0.431 e. The zero-order valence-corrected chi connectivity index (χ0v) is 13.1. The van der Waals surface area contributed by atoms with Crippen molar-refractivity contribution < 1.29 is 17.3 Å². The predicted molar refractivity (Wildman–Crippen MR) is 63.2 cm³/mol. The standard InChI is InChI=1S/2C4H9.C3H4O3.O.Sn/c2*1-3-4-2;4-3-5-1-2-6-3;;/h2*1,3-4H2,2H3;1-2H2;;. The quantitative estimate of drug-likeness (QED) is 0.552. The average Bonchev–Trinajstić information content (AvgIpc) is 2.75. The molecule has 1 fully saturated rings. The van der Waals surface area contributed by atoms with E-state index in [1.165, 1.54) is 25.7 Å². The van der Waals surface area contributed by atoms with Crippen LogP contribution < -0.4 is 0 Å². The zero-order chi connectivity index (χ0) is 12.2. The molecule has 0 atom stereocenters. The maximum atomic E-state index is 11.2. The molecule has 0 saturated carbocycles. The van der Waals surface area contributed by atoms with Gasteiger partial charge < -0.3 is 9.47 Å². The summed E-state index contributed by atoms with van der Waals surface area (Å²) in [4.78, 5) is 9.80. The summed E-state index contributed by atoms with van der Waals surface area (Å²) >= 11 is -1.99. The number of hydrogen-bond donors (Lipinski definition) is 0. The van der Waals surface area contributed by atoms with E-state index in [9.17, 15) is 7.87 Å². The van der Waals surface area contributed by atoms with Crippen molar-refractivity contribution in [2.75, 3.05) is 13.2 Å². The summed E-state index contributed by atoms with van der Waals surface area (Å²) in [6.45, 7) is 5.16. The molecule has 1 aliphatic rings. The van der Waals surface area contributed by atoms with E-state index < -0.39 is 25.9 Å². The number of hydrogen-bond acceptors (Lipinski definition) is 4. The summed E-state index contributed by atoms with van der Waals surface area (Å²) in [5, 5.41) is 0. The molecular weight excluding hydrogens is 315 g/mol. The molecule has 4 nitrogen and oxygen atoms in total. The fraction of sp³-hybridized carbons (Fsp3) is 0.909. The smallest absolute Gasteiger partial charge is 0.431 e. The SMILES string of the molecule is CCC[CH2][Sn](=[O])[CH2]CCC.O=C1OCCO1. The first-order valence-corrected chi connectivity index (χ1v) is 11.2. The minimum atomic E-state index is -1.99. The molecule has 0 aromatic rings. The molecule has 0 N–H and O–H groups in total. The van der Waals surface area contributed by atoms with Crippen molar-refractivity contribution in [1.82, 2.24) is 0 Å². The summed E-state index contributed by atoms with van der Waals surface area (Å²) in [6.07, 6.45) is 4.26. The van der Waals surface area contributed by atoms with Gasteiger partial charge in [-0.15, -0.1) is 0 Å². The van der Waals surface area contributed by atoms with Crippen LogP contribution in [0.15, 0.2) is 0 Å². The van der Waals surface area contributed by atoms with Gasteiger partial charge in [0.25, 0.3) is 0 Å².